The van der Waals surface area contributed by atoms with Crippen LogP contribution in [0.4, 0.5) is 5.82 Å². The Kier molecular flexibility index (Phi) is 4.44. The van der Waals surface area contributed by atoms with Gasteiger partial charge in [0, 0.05) is 49.7 Å². The van der Waals surface area contributed by atoms with Crippen molar-refractivity contribution in [2.24, 2.45) is 0 Å². The average Bonchev–Trinajstić information content (AvgIpc) is 3.19. The highest BCUT2D eigenvalue weighted by Crippen LogP contribution is 2.29. The maximum atomic E-state index is 4.97. The van der Waals surface area contributed by atoms with Gasteiger partial charge in [0.25, 0.3) is 0 Å². The van der Waals surface area contributed by atoms with E-state index in [1.54, 1.807) is 12.4 Å². The summed E-state index contributed by atoms with van der Waals surface area (Å²) < 4.78 is 0. The smallest absolute Gasteiger partial charge is 0.184 e. The van der Waals surface area contributed by atoms with Gasteiger partial charge < -0.3 is 14.8 Å². The third kappa shape index (κ3) is 3.45. The van der Waals surface area contributed by atoms with E-state index in [0.717, 1.165) is 54.5 Å². The van der Waals surface area contributed by atoms with E-state index >= 15 is 0 Å². The summed E-state index contributed by atoms with van der Waals surface area (Å²) in [5.74, 6) is 2.42. The van der Waals surface area contributed by atoms with Crippen LogP contribution in [0.15, 0.2) is 48.8 Å². The molecule has 1 aliphatic heterocycles. The number of hydrogen-bond acceptors (Lipinski definition) is 6. The van der Waals surface area contributed by atoms with E-state index in [2.05, 4.69) is 58.0 Å². The molecule has 0 bridgehead atoms. The third-order valence-corrected chi connectivity index (χ3v) is 5.40. The first kappa shape index (κ1) is 17.8. The fraction of sp³-hybridized carbons (Fsp3) is 0.273. The SMILES string of the molecule is Cc1ccc(-c2nc(N3CCN(C)CC3)c3[nH]c(-c4ccncc4)nc3n2)cc1. The first-order valence-electron chi connectivity index (χ1n) is 9.86. The molecular formula is C22H23N7. The van der Waals surface area contributed by atoms with Gasteiger partial charge in [-0.25, -0.2) is 15.0 Å². The number of aromatic amines is 1. The molecule has 4 heterocycles. The molecule has 0 saturated carbocycles. The highest BCUT2D eigenvalue weighted by Gasteiger charge is 2.22. The number of hydrogen-bond donors (Lipinski definition) is 1. The zero-order chi connectivity index (χ0) is 19.8. The molecule has 1 fully saturated rings. The number of imidazole rings is 1. The van der Waals surface area contributed by atoms with Crippen LogP contribution >= 0.6 is 0 Å². The van der Waals surface area contributed by atoms with Gasteiger partial charge in [0.05, 0.1) is 0 Å². The van der Waals surface area contributed by atoms with Crippen molar-refractivity contribution in [2.75, 3.05) is 38.1 Å². The number of rotatable bonds is 3. The summed E-state index contributed by atoms with van der Waals surface area (Å²) in [6.45, 7) is 5.96. The van der Waals surface area contributed by atoms with E-state index in [1.807, 2.05) is 12.1 Å². The number of aromatic nitrogens is 5. The summed E-state index contributed by atoms with van der Waals surface area (Å²) in [6, 6.07) is 12.2. The number of nitrogens with one attached hydrogen (secondary N) is 1. The van der Waals surface area contributed by atoms with Crippen molar-refractivity contribution < 1.29 is 0 Å². The number of nitrogens with zero attached hydrogens (tertiary/aromatic N) is 6. The molecule has 0 aliphatic carbocycles. The minimum absolute atomic E-state index is 0.691. The van der Waals surface area contributed by atoms with E-state index < -0.39 is 0 Å². The summed E-state index contributed by atoms with van der Waals surface area (Å²) >= 11 is 0. The second kappa shape index (κ2) is 7.25. The lowest BCUT2D eigenvalue weighted by Gasteiger charge is -2.33. The van der Waals surface area contributed by atoms with Gasteiger partial charge in [0.1, 0.15) is 11.3 Å². The van der Waals surface area contributed by atoms with Gasteiger partial charge in [-0.05, 0) is 26.1 Å². The van der Waals surface area contributed by atoms with Crippen LogP contribution < -0.4 is 4.90 Å². The van der Waals surface area contributed by atoms with E-state index in [-0.39, 0.29) is 0 Å². The molecule has 1 aliphatic rings. The minimum Gasteiger partial charge on any atom is -0.352 e. The van der Waals surface area contributed by atoms with Gasteiger partial charge in [-0.15, -0.1) is 0 Å². The molecule has 146 valence electrons. The summed E-state index contributed by atoms with van der Waals surface area (Å²) in [5.41, 5.74) is 4.78. The van der Waals surface area contributed by atoms with Crippen LogP contribution in [0, 0.1) is 6.92 Å². The number of anilines is 1. The molecular weight excluding hydrogens is 362 g/mol. The highest BCUT2D eigenvalue weighted by molar-refractivity contribution is 5.88. The quantitative estimate of drug-likeness (QED) is 0.584. The zero-order valence-electron chi connectivity index (χ0n) is 16.6. The average molecular weight is 385 g/mol. The summed E-state index contributed by atoms with van der Waals surface area (Å²) in [6.07, 6.45) is 3.54. The monoisotopic (exact) mass is 385 g/mol. The molecule has 1 saturated heterocycles. The van der Waals surface area contributed by atoms with Crippen molar-refractivity contribution in [1.29, 1.82) is 0 Å². The molecule has 29 heavy (non-hydrogen) atoms. The third-order valence-electron chi connectivity index (χ3n) is 5.40. The number of likely N-dealkylation sites (N-methyl/N-ethyl adjacent to an activating group) is 1. The Morgan fingerprint density at radius 1 is 0.828 bits per heavy atom. The van der Waals surface area contributed by atoms with Gasteiger partial charge in [-0.3, -0.25) is 4.98 Å². The standard InChI is InChI=1S/C22H23N7/c1-15-3-5-16(6-4-15)20-26-21-18(22(27-20)29-13-11-28(2)12-14-29)24-19(25-21)17-7-9-23-10-8-17/h3-10H,11-14H2,1-2H3,(H,24,25,26,27). The first-order valence-corrected chi connectivity index (χ1v) is 9.86. The van der Waals surface area contributed by atoms with Crippen LogP contribution in [-0.4, -0.2) is 63.0 Å². The Morgan fingerprint density at radius 2 is 1.55 bits per heavy atom. The Labute approximate surface area is 169 Å². The van der Waals surface area contributed by atoms with Crippen molar-refractivity contribution in [3.8, 4) is 22.8 Å². The van der Waals surface area contributed by atoms with Crippen LogP contribution in [0.1, 0.15) is 5.56 Å². The Morgan fingerprint density at radius 3 is 2.28 bits per heavy atom. The number of piperazine rings is 1. The molecule has 5 rings (SSSR count). The van der Waals surface area contributed by atoms with Crippen molar-refractivity contribution >= 4 is 17.0 Å². The van der Waals surface area contributed by atoms with Gasteiger partial charge >= 0.3 is 0 Å². The fourth-order valence-electron chi connectivity index (χ4n) is 3.61. The molecule has 0 amide bonds. The molecule has 7 heteroatoms. The Bertz CT molecular complexity index is 1130. The van der Waals surface area contributed by atoms with Crippen LogP contribution in [0.25, 0.3) is 33.9 Å². The largest absolute Gasteiger partial charge is 0.352 e. The number of H-pyrrole nitrogens is 1. The Hall–Kier alpha value is -3.32. The van der Waals surface area contributed by atoms with Gasteiger partial charge in [-0.2, -0.15) is 0 Å². The summed E-state index contributed by atoms with van der Waals surface area (Å²) in [5, 5.41) is 0. The maximum Gasteiger partial charge on any atom is 0.184 e. The van der Waals surface area contributed by atoms with E-state index in [9.17, 15) is 0 Å². The lowest BCUT2D eigenvalue weighted by atomic mass is 10.1. The van der Waals surface area contributed by atoms with Crippen molar-refractivity contribution in [1.82, 2.24) is 29.8 Å². The zero-order valence-corrected chi connectivity index (χ0v) is 16.6. The molecule has 3 aromatic heterocycles. The predicted molar refractivity (Wildman–Crippen MR) is 115 cm³/mol. The van der Waals surface area contributed by atoms with Crippen molar-refractivity contribution in [3.63, 3.8) is 0 Å². The van der Waals surface area contributed by atoms with Crippen molar-refractivity contribution in [2.45, 2.75) is 6.92 Å². The molecule has 0 unspecified atom stereocenters. The fourth-order valence-corrected chi connectivity index (χ4v) is 3.61. The molecule has 0 atom stereocenters. The van der Waals surface area contributed by atoms with Gasteiger partial charge in [0.2, 0.25) is 0 Å². The first-order chi connectivity index (χ1) is 14.2. The number of fused-ring (bicyclic) bond motifs is 1. The van der Waals surface area contributed by atoms with E-state index in [4.69, 9.17) is 15.0 Å². The normalized spacial score (nSPS) is 15.2. The second-order valence-electron chi connectivity index (χ2n) is 7.55. The molecule has 1 N–H and O–H groups in total. The van der Waals surface area contributed by atoms with Crippen LogP contribution in [0.2, 0.25) is 0 Å². The molecule has 7 nitrogen and oxygen atoms in total. The summed E-state index contributed by atoms with van der Waals surface area (Å²) in [7, 11) is 2.16. The lowest BCUT2D eigenvalue weighted by Crippen LogP contribution is -2.45. The molecule has 1 aromatic carbocycles. The van der Waals surface area contributed by atoms with Crippen LogP contribution in [0.3, 0.4) is 0 Å². The molecule has 4 aromatic rings. The number of aryl methyl sites for hydroxylation is 1. The highest BCUT2D eigenvalue weighted by atomic mass is 15.3. The molecule has 0 radical (unpaired) electrons. The number of benzene rings is 1. The van der Waals surface area contributed by atoms with Gasteiger partial charge in [0.15, 0.2) is 17.3 Å². The summed E-state index contributed by atoms with van der Waals surface area (Å²) in [4.78, 5) is 26.8. The van der Waals surface area contributed by atoms with E-state index in [1.165, 1.54) is 5.56 Å². The predicted octanol–water partition coefficient (Wildman–Crippen LogP) is 3.14. The second-order valence-corrected chi connectivity index (χ2v) is 7.55. The van der Waals surface area contributed by atoms with Gasteiger partial charge in [-0.1, -0.05) is 29.8 Å². The van der Waals surface area contributed by atoms with Crippen molar-refractivity contribution in [3.05, 3.63) is 54.4 Å². The lowest BCUT2D eigenvalue weighted by molar-refractivity contribution is 0.312. The molecule has 0 spiro atoms. The maximum absolute atomic E-state index is 4.97. The van der Waals surface area contributed by atoms with Crippen LogP contribution in [0.5, 0.6) is 0 Å². The van der Waals surface area contributed by atoms with E-state index in [0.29, 0.717) is 11.5 Å². The van der Waals surface area contributed by atoms with Crippen LogP contribution in [-0.2, 0) is 0 Å². The Balaban J connectivity index is 1.66. The minimum atomic E-state index is 0.691. The topological polar surface area (TPSA) is 73.8 Å². The number of pyridine rings is 1.